The van der Waals surface area contributed by atoms with Gasteiger partial charge in [0.1, 0.15) is 5.75 Å². The van der Waals surface area contributed by atoms with Crippen LogP contribution in [0.3, 0.4) is 0 Å². The zero-order valence-corrected chi connectivity index (χ0v) is 8.23. The molecule has 0 saturated heterocycles. The van der Waals surface area contributed by atoms with Crippen LogP contribution >= 0.6 is 0 Å². The molecule has 0 atom stereocenters. The minimum atomic E-state index is -0.481. The van der Waals surface area contributed by atoms with Crippen molar-refractivity contribution in [1.82, 2.24) is 0 Å². The minimum Gasteiger partial charge on any atom is -0.496 e. The van der Waals surface area contributed by atoms with Crippen molar-refractivity contribution in [3.8, 4) is 11.5 Å². The molecular weight excluding hydrogens is 186 g/mol. The Labute approximate surface area is 81.4 Å². The van der Waals surface area contributed by atoms with Crippen molar-refractivity contribution in [1.29, 1.82) is 0 Å². The van der Waals surface area contributed by atoms with Crippen molar-refractivity contribution in [2.24, 2.45) is 0 Å². The van der Waals surface area contributed by atoms with Crippen molar-refractivity contribution in [3.05, 3.63) is 27.8 Å². The number of rotatable bonds is 3. The molecular formula is C9H11NO4. The standard InChI is InChI=1S/C9H11NO4/c1-6-8(13-2)5-4-7(10(11)12)9(6)14-3/h4-5H,1-3H3. The smallest absolute Gasteiger partial charge is 0.311 e. The van der Waals surface area contributed by atoms with E-state index in [1.807, 2.05) is 0 Å². The molecule has 0 heterocycles. The molecule has 76 valence electrons. The van der Waals surface area contributed by atoms with E-state index in [0.717, 1.165) is 0 Å². The van der Waals surface area contributed by atoms with Crippen LogP contribution in [0.1, 0.15) is 5.56 Å². The molecule has 0 N–H and O–H groups in total. The zero-order chi connectivity index (χ0) is 10.7. The highest BCUT2D eigenvalue weighted by molar-refractivity contribution is 5.57. The van der Waals surface area contributed by atoms with E-state index in [1.165, 1.54) is 20.3 Å². The maximum Gasteiger partial charge on any atom is 0.311 e. The van der Waals surface area contributed by atoms with Gasteiger partial charge in [0.05, 0.1) is 19.1 Å². The highest BCUT2D eigenvalue weighted by Gasteiger charge is 2.19. The molecule has 0 aromatic heterocycles. The lowest BCUT2D eigenvalue weighted by molar-refractivity contribution is -0.385. The van der Waals surface area contributed by atoms with Gasteiger partial charge in [0.2, 0.25) is 5.75 Å². The molecule has 14 heavy (non-hydrogen) atoms. The van der Waals surface area contributed by atoms with Crippen LogP contribution in [0, 0.1) is 17.0 Å². The molecule has 0 spiro atoms. The third kappa shape index (κ3) is 1.61. The maximum absolute atomic E-state index is 10.6. The van der Waals surface area contributed by atoms with Gasteiger partial charge in [-0.2, -0.15) is 0 Å². The third-order valence-corrected chi connectivity index (χ3v) is 1.96. The molecule has 0 saturated carbocycles. The fourth-order valence-electron chi connectivity index (χ4n) is 1.28. The summed E-state index contributed by atoms with van der Waals surface area (Å²) >= 11 is 0. The van der Waals surface area contributed by atoms with E-state index in [0.29, 0.717) is 11.3 Å². The average molecular weight is 197 g/mol. The van der Waals surface area contributed by atoms with E-state index >= 15 is 0 Å². The van der Waals surface area contributed by atoms with Crippen LogP contribution in [-0.2, 0) is 0 Å². The fourth-order valence-corrected chi connectivity index (χ4v) is 1.28. The number of ether oxygens (including phenoxy) is 2. The quantitative estimate of drug-likeness (QED) is 0.548. The van der Waals surface area contributed by atoms with Gasteiger partial charge in [0.15, 0.2) is 0 Å². The lowest BCUT2D eigenvalue weighted by Crippen LogP contribution is -1.97. The van der Waals surface area contributed by atoms with Crippen LogP contribution in [0.5, 0.6) is 11.5 Å². The minimum absolute atomic E-state index is 0.0502. The van der Waals surface area contributed by atoms with Crippen molar-refractivity contribution in [2.45, 2.75) is 6.92 Å². The molecule has 0 amide bonds. The van der Waals surface area contributed by atoms with Crippen molar-refractivity contribution in [3.63, 3.8) is 0 Å². The summed E-state index contributed by atoms with van der Waals surface area (Å²) in [6.45, 7) is 1.71. The largest absolute Gasteiger partial charge is 0.496 e. The second kappa shape index (κ2) is 3.95. The Hall–Kier alpha value is -1.78. The van der Waals surface area contributed by atoms with Crippen LogP contribution in [-0.4, -0.2) is 19.1 Å². The lowest BCUT2D eigenvalue weighted by atomic mass is 10.1. The van der Waals surface area contributed by atoms with Gasteiger partial charge in [-0.15, -0.1) is 0 Å². The van der Waals surface area contributed by atoms with E-state index in [4.69, 9.17) is 9.47 Å². The van der Waals surface area contributed by atoms with Gasteiger partial charge in [-0.3, -0.25) is 10.1 Å². The van der Waals surface area contributed by atoms with Crippen LogP contribution in [0.4, 0.5) is 5.69 Å². The molecule has 0 aliphatic carbocycles. The summed E-state index contributed by atoms with van der Waals surface area (Å²) in [5.41, 5.74) is 0.579. The molecule has 5 nitrogen and oxygen atoms in total. The number of benzene rings is 1. The first-order chi connectivity index (χ1) is 6.61. The first-order valence-electron chi connectivity index (χ1n) is 3.97. The lowest BCUT2D eigenvalue weighted by Gasteiger charge is -2.09. The van der Waals surface area contributed by atoms with Crippen molar-refractivity contribution < 1.29 is 14.4 Å². The maximum atomic E-state index is 10.6. The number of hydrogen-bond acceptors (Lipinski definition) is 4. The third-order valence-electron chi connectivity index (χ3n) is 1.96. The van der Waals surface area contributed by atoms with Crippen LogP contribution in [0.25, 0.3) is 0 Å². The molecule has 0 radical (unpaired) electrons. The summed E-state index contributed by atoms with van der Waals surface area (Å²) in [7, 11) is 2.91. The SMILES string of the molecule is COc1ccc([N+](=O)[O-])c(OC)c1C. The Morgan fingerprint density at radius 1 is 1.29 bits per heavy atom. The fraction of sp³-hybridized carbons (Fsp3) is 0.333. The monoisotopic (exact) mass is 197 g/mol. The number of nitro groups is 1. The first kappa shape index (κ1) is 10.3. The number of hydrogen-bond donors (Lipinski definition) is 0. The highest BCUT2D eigenvalue weighted by atomic mass is 16.6. The zero-order valence-electron chi connectivity index (χ0n) is 8.23. The Morgan fingerprint density at radius 2 is 1.93 bits per heavy atom. The second-order valence-electron chi connectivity index (χ2n) is 2.70. The van der Waals surface area contributed by atoms with Crippen molar-refractivity contribution >= 4 is 5.69 Å². The Balaban J connectivity index is 3.35. The summed E-state index contributed by atoms with van der Waals surface area (Å²) in [6, 6.07) is 2.92. The van der Waals surface area contributed by atoms with Crippen LogP contribution < -0.4 is 9.47 Å². The van der Waals surface area contributed by atoms with Gasteiger partial charge in [0, 0.05) is 11.6 Å². The highest BCUT2D eigenvalue weighted by Crippen LogP contribution is 2.35. The van der Waals surface area contributed by atoms with Gasteiger partial charge >= 0.3 is 5.69 Å². The second-order valence-corrected chi connectivity index (χ2v) is 2.70. The predicted molar refractivity (Wildman–Crippen MR) is 50.9 cm³/mol. The predicted octanol–water partition coefficient (Wildman–Crippen LogP) is 1.92. The Bertz CT molecular complexity index is 362. The van der Waals surface area contributed by atoms with Gasteiger partial charge in [-0.1, -0.05) is 0 Å². The number of methoxy groups -OCH3 is 2. The van der Waals surface area contributed by atoms with Crippen LogP contribution in [0.15, 0.2) is 12.1 Å². The molecule has 5 heteroatoms. The summed E-state index contributed by atoms with van der Waals surface area (Å²) in [6.07, 6.45) is 0. The van der Waals surface area contributed by atoms with E-state index in [1.54, 1.807) is 13.0 Å². The summed E-state index contributed by atoms with van der Waals surface area (Å²) in [5.74, 6) is 0.821. The summed E-state index contributed by atoms with van der Waals surface area (Å²) in [4.78, 5) is 10.1. The van der Waals surface area contributed by atoms with E-state index < -0.39 is 4.92 Å². The summed E-state index contributed by atoms with van der Waals surface area (Å²) in [5, 5.41) is 10.6. The van der Waals surface area contributed by atoms with E-state index in [9.17, 15) is 10.1 Å². The van der Waals surface area contributed by atoms with Gasteiger partial charge in [-0.25, -0.2) is 0 Å². The molecule has 1 aromatic carbocycles. The number of nitro benzene ring substituents is 1. The number of nitrogens with zero attached hydrogens (tertiary/aromatic N) is 1. The molecule has 0 aliphatic heterocycles. The Kier molecular flexibility index (Phi) is 2.91. The van der Waals surface area contributed by atoms with Gasteiger partial charge in [-0.05, 0) is 13.0 Å². The molecule has 0 fully saturated rings. The Morgan fingerprint density at radius 3 is 2.36 bits per heavy atom. The van der Waals surface area contributed by atoms with E-state index in [-0.39, 0.29) is 11.4 Å². The topological polar surface area (TPSA) is 61.6 Å². The average Bonchev–Trinajstić information content (AvgIpc) is 2.17. The molecule has 0 bridgehead atoms. The normalized spacial score (nSPS) is 9.64. The van der Waals surface area contributed by atoms with Gasteiger partial charge in [0.25, 0.3) is 0 Å². The molecule has 1 aromatic rings. The molecule has 1 rings (SSSR count). The van der Waals surface area contributed by atoms with Crippen molar-refractivity contribution in [2.75, 3.05) is 14.2 Å². The summed E-state index contributed by atoms with van der Waals surface area (Å²) < 4.78 is 9.98. The molecule has 0 unspecified atom stereocenters. The van der Waals surface area contributed by atoms with E-state index in [2.05, 4.69) is 0 Å². The van der Waals surface area contributed by atoms with Gasteiger partial charge < -0.3 is 9.47 Å². The van der Waals surface area contributed by atoms with Crippen LogP contribution in [0.2, 0.25) is 0 Å². The first-order valence-corrected chi connectivity index (χ1v) is 3.97. The molecule has 0 aliphatic rings.